The summed E-state index contributed by atoms with van der Waals surface area (Å²) in [6, 6.07) is 0. The van der Waals surface area contributed by atoms with Crippen LogP contribution in [0.2, 0.25) is 0 Å². The zero-order valence-corrected chi connectivity index (χ0v) is 15.5. The lowest BCUT2D eigenvalue weighted by Crippen LogP contribution is -2.76. The minimum absolute atomic E-state index is 0.0306. The van der Waals surface area contributed by atoms with Crippen LogP contribution in [0.15, 0.2) is 9.66 Å². The van der Waals surface area contributed by atoms with Gasteiger partial charge in [0.15, 0.2) is 5.78 Å². The normalized spacial score (nSPS) is 40.6. The largest absolute Gasteiger partial charge is 0.336 e. The number of piperazine rings is 1. The number of Topliss-reactive ketones (excluding diaryl/α,β-unsaturated/α-hetero) is 1. The number of fused-ring (bicyclic) bond motifs is 1. The Labute approximate surface area is 144 Å². The van der Waals surface area contributed by atoms with Crippen molar-refractivity contribution in [2.75, 3.05) is 6.54 Å². The summed E-state index contributed by atoms with van der Waals surface area (Å²) in [5, 5.41) is 2.99. The van der Waals surface area contributed by atoms with Crippen LogP contribution in [0.4, 0.5) is 0 Å². The molecule has 2 unspecified atom stereocenters. The summed E-state index contributed by atoms with van der Waals surface area (Å²) in [5.41, 5.74) is -2.54. The van der Waals surface area contributed by atoms with E-state index < -0.39 is 16.5 Å². The summed E-state index contributed by atoms with van der Waals surface area (Å²) >= 11 is 1.98. The fourth-order valence-electron chi connectivity index (χ4n) is 3.98. The average molecular weight is 416 g/mol. The number of halogens is 1. The molecular formula is C16H21IN2O3. The number of hydrogen-bond acceptors (Lipinski definition) is 3. The molecule has 3 atom stereocenters. The van der Waals surface area contributed by atoms with Gasteiger partial charge in [-0.05, 0) is 48.4 Å². The number of carbonyl (C=O) groups excluding carboxylic acids is 3. The van der Waals surface area contributed by atoms with Crippen LogP contribution < -0.4 is 5.32 Å². The molecule has 1 N–H and O–H groups in total. The molecule has 0 aromatic carbocycles. The van der Waals surface area contributed by atoms with Gasteiger partial charge in [0.25, 0.3) is 5.91 Å². The van der Waals surface area contributed by atoms with E-state index in [1.807, 2.05) is 50.3 Å². The van der Waals surface area contributed by atoms with Crippen molar-refractivity contribution in [1.82, 2.24) is 10.2 Å². The van der Waals surface area contributed by atoms with Gasteiger partial charge in [0.1, 0.15) is 11.1 Å². The molecule has 2 saturated heterocycles. The van der Waals surface area contributed by atoms with Gasteiger partial charge >= 0.3 is 0 Å². The molecule has 0 aromatic heterocycles. The van der Waals surface area contributed by atoms with Gasteiger partial charge in [0.2, 0.25) is 5.91 Å². The Kier molecular flexibility index (Phi) is 3.30. The molecule has 2 aliphatic heterocycles. The molecule has 0 saturated carbocycles. The number of amides is 2. The highest BCUT2D eigenvalue weighted by Gasteiger charge is 2.63. The quantitative estimate of drug-likeness (QED) is 0.613. The molecule has 3 aliphatic rings. The highest BCUT2D eigenvalue weighted by Crippen LogP contribution is 2.48. The van der Waals surface area contributed by atoms with E-state index in [0.717, 1.165) is 6.42 Å². The molecule has 120 valence electrons. The molecule has 1 spiro atoms. The molecule has 0 bridgehead atoms. The minimum atomic E-state index is -1.10. The first-order valence-electron chi connectivity index (χ1n) is 7.65. The van der Waals surface area contributed by atoms with Gasteiger partial charge < -0.3 is 10.2 Å². The van der Waals surface area contributed by atoms with Crippen LogP contribution in [0.25, 0.3) is 0 Å². The molecule has 5 nitrogen and oxygen atoms in total. The number of rotatable bonds is 0. The summed E-state index contributed by atoms with van der Waals surface area (Å²) in [7, 11) is 0. The van der Waals surface area contributed by atoms with Crippen molar-refractivity contribution >= 4 is 40.2 Å². The van der Waals surface area contributed by atoms with Gasteiger partial charge in [0.05, 0.1) is 3.58 Å². The van der Waals surface area contributed by atoms with E-state index in [1.165, 1.54) is 0 Å². The molecule has 0 aromatic rings. The van der Waals surface area contributed by atoms with Crippen LogP contribution in [-0.4, -0.2) is 40.1 Å². The van der Waals surface area contributed by atoms with Gasteiger partial charge in [-0.2, -0.15) is 0 Å². The van der Waals surface area contributed by atoms with Crippen molar-refractivity contribution in [2.45, 2.75) is 51.6 Å². The van der Waals surface area contributed by atoms with E-state index in [1.54, 1.807) is 11.0 Å². The molecule has 3 rings (SSSR count). The van der Waals surface area contributed by atoms with Crippen LogP contribution in [0.3, 0.4) is 0 Å². The Hall–Kier alpha value is -0.920. The highest BCUT2D eigenvalue weighted by atomic mass is 127. The standard InChI is InChI=1S/C16H21IN2O3/c1-9-14(2,3)11(20)10(17)8-16(9)13(22)19-7-5-6-15(19,4)12(21)18-16/h8-9H,5-7H2,1-4H3,(H,18,21)/t9?,15?,16-/m1/s1. The van der Waals surface area contributed by atoms with Crippen molar-refractivity contribution in [3.8, 4) is 0 Å². The van der Waals surface area contributed by atoms with Crippen LogP contribution in [0, 0.1) is 11.3 Å². The zero-order valence-electron chi connectivity index (χ0n) is 13.3. The Bertz CT molecular complexity index is 627. The summed E-state index contributed by atoms with van der Waals surface area (Å²) in [4.78, 5) is 40.1. The third-order valence-electron chi connectivity index (χ3n) is 5.97. The first kappa shape index (κ1) is 16.0. The van der Waals surface area contributed by atoms with E-state index >= 15 is 0 Å². The SMILES string of the molecule is CC1C(C)(C)C(=O)C(I)=C[C@@]12NC(=O)C1(C)CCCN1C2=O. The molecule has 22 heavy (non-hydrogen) atoms. The topological polar surface area (TPSA) is 66.5 Å². The Morgan fingerprint density at radius 3 is 2.55 bits per heavy atom. The molecule has 2 fully saturated rings. The van der Waals surface area contributed by atoms with Crippen LogP contribution >= 0.6 is 22.6 Å². The lowest BCUT2D eigenvalue weighted by atomic mass is 9.61. The summed E-state index contributed by atoms with van der Waals surface area (Å²) < 4.78 is 0.525. The third kappa shape index (κ3) is 1.73. The molecule has 6 heteroatoms. The van der Waals surface area contributed by atoms with Crippen molar-refractivity contribution in [3.63, 3.8) is 0 Å². The van der Waals surface area contributed by atoms with E-state index in [4.69, 9.17) is 0 Å². The fourth-order valence-corrected chi connectivity index (χ4v) is 5.17. The van der Waals surface area contributed by atoms with Crippen molar-refractivity contribution in [1.29, 1.82) is 0 Å². The first-order chi connectivity index (χ1) is 10.1. The van der Waals surface area contributed by atoms with E-state index in [-0.39, 0.29) is 23.5 Å². The maximum absolute atomic E-state index is 13.2. The van der Waals surface area contributed by atoms with Crippen molar-refractivity contribution < 1.29 is 14.4 Å². The Morgan fingerprint density at radius 2 is 1.91 bits per heavy atom. The number of hydrogen-bond donors (Lipinski definition) is 1. The van der Waals surface area contributed by atoms with Crippen molar-refractivity contribution in [3.05, 3.63) is 9.66 Å². The Morgan fingerprint density at radius 1 is 1.27 bits per heavy atom. The lowest BCUT2D eigenvalue weighted by molar-refractivity contribution is -0.162. The third-order valence-corrected chi connectivity index (χ3v) is 6.77. The lowest BCUT2D eigenvalue weighted by Gasteiger charge is -2.53. The van der Waals surface area contributed by atoms with Gasteiger partial charge in [-0.1, -0.05) is 20.8 Å². The van der Waals surface area contributed by atoms with Crippen LogP contribution in [0.5, 0.6) is 0 Å². The Balaban J connectivity index is 2.16. The monoisotopic (exact) mass is 416 g/mol. The zero-order chi connectivity index (χ0) is 16.5. The molecular weight excluding hydrogens is 395 g/mol. The van der Waals surface area contributed by atoms with Gasteiger partial charge in [0, 0.05) is 17.9 Å². The summed E-state index contributed by atoms with van der Waals surface area (Å²) in [5.74, 6) is -0.452. The number of allylic oxidation sites excluding steroid dienone is 1. The molecule has 1 aliphatic carbocycles. The minimum Gasteiger partial charge on any atom is -0.336 e. The van der Waals surface area contributed by atoms with Crippen molar-refractivity contribution in [2.24, 2.45) is 11.3 Å². The van der Waals surface area contributed by atoms with E-state index in [2.05, 4.69) is 5.32 Å². The van der Waals surface area contributed by atoms with Crippen LogP contribution in [0.1, 0.15) is 40.5 Å². The summed E-state index contributed by atoms with van der Waals surface area (Å²) in [6.07, 6.45) is 3.20. The maximum atomic E-state index is 13.2. The van der Waals surface area contributed by atoms with E-state index in [0.29, 0.717) is 16.5 Å². The average Bonchev–Trinajstić information content (AvgIpc) is 2.85. The van der Waals surface area contributed by atoms with E-state index in [9.17, 15) is 14.4 Å². The fraction of sp³-hybridized carbons (Fsp3) is 0.688. The second-order valence-corrected chi connectivity index (χ2v) is 8.58. The number of nitrogens with zero attached hydrogens (tertiary/aromatic N) is 1. The summed E-state index contributed by atoms with van der Waals surface area (Å²) in [6.45, 7) is 8.03. The predicted molar refractivity (Wildman–Crippen MR) is 90.3 cm³/mol. The van der Waals surface area contributed by atoms with Crippen LogP contribution in [-0.2, 0) is 14.4 Å². The number of carbonyl (C=O) groups is 3. The first-order valence-corrected chi connectivity index (χ1v) is 8.73. The second kappa shape index (κ2) is 4.55. The van der Waals surface area contributed by atoms with Gasteiger partial charge in [-0.25, -0.2) is 0 Å². The second-order valence-electron chi connectivity index (χ2n) is 7.42. The molecule has 2 amide bonds. The number of nitrogens with one attached hydrogen (secondary N) is 1. The van der Waals surface area contributed by atoms with Gasteiger partial charge in [-0.15, -0.1) is 0 Å². The highest BCUT2D eigenvalue weighted by molar-refractivity contribution is 14.1. The smallest absolute Gasteiger partial charge is 0.253 e. The predicted octanol–water partition coefficient (Wildman–Crippen LogP) is 1.80. The maximum Gasteiger partial charge on any atom is 0.253 e. The number of ketones is 1. The molecule has 0 radical (unpaired) electrons. The molecule has 2 heterocycles. The van der Waals surface area contributed by atoms with Gasteiger partial charge in [-0.3, -0.25) is 14.4 Å².